The largest absolute Gasteiger partial charge is 0.392 e. The molecule has 0 aliphatic rings. The molecule has 0 spiro atoms. The molecular weight excluding hydrogens is 294 g/mol. The molecule has 0 atom stereocenters. The summed E-state index contributed by atoms with van der Waals surface area (Å²) < 4.78 is 27.6. The van der Waals surface area contributed by atoms with Crippen LogP contribution in [0, 0.1) is 20.8 Å². The molecule has 0 unspecified atom stereocenters. The van der Waals surface area contributed by atoms with Gasteiger partial charge in [0.1, 0.15) is 4.21 Å². The third kappa shape index (κ3) is 3.03. The molecule has 0 saturated carbocycles. The van der Waals surface area contributed by atoms with Crippen molar-refractivity contribution in [2.45, 2.75) is 31.6 Å². The first-order chi connectivity index (χ1) is 9.33. The van der Waals surface area contributed by atoms with E-state index in [-0.39, 0.29) is 6.61 Å². The zero-order chi connectivity index (χ0) is 14.9. The van der Waals surface area contributed by atoms with Gasteiger partial charge in [-0.15, -0.1) is 11.3 Å². The zero-order valence-electron chi connectivity index (χ0n) is 11.6. The number of aliphatic hydroxyl groups is 1. The second kappa shape index (κ2) is 5.55. The summed E-state index contributed by atoms with van der Waals surface area (Å²) in [5, 5.41) is 9.13. The fourth-order valence-corrected chi connectivity index (χ4v) is 4.38. The second-order valence-electron chi connectivity index (χ2n) is 4.72. The Balaban J connectivity index is 2.37. The Morgan fingerprint density at radius 3 is 2.40 bits per heavy atom. The van der Waals surface area contributed by atoms with Gasteiger partial charge in [-0.3, -0.25) is 4.72 Å². The highest BCUT2D eigenvalue weighted by Crippen LogP contribution is 2.28. The summed E-state index contributed by atoms with van der Waals surface area (Å²) in [6.07, 6.45) is 0. The predicted molar refractivity (Wildman–Crippen MR) is 81.7 cm³/mol. The molecule has 4 nitrogen and oxygen atoms in total. The SMILES string of the molecule is Cc1ccc(CO)cc1NS(=O)(=O)c1cc(C)c(C)s1. The van der Waals surface area contributed by atoms with Crippen LogP contribution in [-0.4, -0.2) is 13.5 Å². The van der Waals surface area contributed by atoms with Gasteiger partial charge in [0.15, 0.2) is 0 Å². The maximum atomic E-state index is 12.4. The van der Waals surface area contributed by atoms with Crippen LogP contribution in [0.2, 0.25) is 0 Å². The number of aliphatic hydroxyl groups excluding tert-OH is 1. The molecule has 0 saturated heterocycles. The Kier molecular flexibility index (Phi) is 4.17. The average Bonchev–Trinajstić information content (AvgIpc) is 2.73. The number of anilines is 1. The van der Waals surface area contributed by atoms with E-state index in [0.29, 0.717) is 15.5 Å². The molecule has 1 aromatic heterocycles. The molecule has 0 bridgehead atoms. The van der Waals surface area contributed by atoms with Gasteiger partial charge in [0.05, 0.1) is 12.3 Å². The molecule has 0 fully saturated rings. The van der Waals surface area contributed by atoms with Crippen LogP contribution >= 0.6 is 11.3 Å². The number of nitrogens with one attached hydrogen (secondary N) is 1. The first-order valence-corrected chi connectivity index (χ1v) is 8.43. The smallest absolute Gasteiger partial charge is 0.271 e. The Morgan fingerprint density at radius 2 is 1.85 bits per heavy atom. The molecule has 2 rings (SSSR count). The van der Waals surface area contributed by atoms with Crippen molar-refractivity contribution in [2.75, 3.05) is 4.72 Å². The lowest BCUT2D eigenvalue weighted by atomic mass is 10.1. The van der Waals surface area contributed by atoms with Crippen molar-refractivity contribution < 1.29 is 13.5 Å². The van der Waals surface area contributed by atoms with Crippen LogP contribution in [-0.2, 0) is 16.6 Å². The van der Waals surface area contributed by atoms with Gasteiger partial charge in [0.25, 0.3) is 10.0 Å². The summed E-state index contributed by atoms with van der Waals surface area (Å²) >= 11 is 1.26. The minimum atomic E-state index is -3.58. The predicted octanol–water partition coefficient (Wildman–Crippen LogP) is 2.97. The third-order valence-corrected chi connectivity index (χ3v) is 6.13. The first kappa shape index (κ1) is 15.0. The molecule has 2 N–H and O–H groups in total. The molecular formula is C14H17NO3S2. The number of rotatable bonds is 4. The first-order valence-electron chi connectivity index (χ1n) is 6.13. The highest BCUT2D eigenvalue weighted by molar-refractivity contribution is 7.94. The van der Waals surface area contributed by atoms with Crippen molar-refractivity contribution in [3.8, 4) is 0 Å². The van der Waals surface area contributed by atoms with Gasteiger partial charge in [0, 0.05) is 4.88 Å². The number of hydrogen-bond acceptors (Lipinski definition) is 4. The molecule has 6 heteroatoms. The fraction of sp³-hybridized carbons (Fsp3) is 0.286. The van der Waals surface area contributed by atoms with Crippen molar-refractivity contribution in [3.05, 3.63) is 45.8 Å². The molecule has 20 heavy (non-hydrogen) atoms. The number of benzene rings is 1. The third-order valence-electron chi connectivity index (χ3n) is 3.14. The van der Waals surface area contributed by atoms with Crippen molar-refractivity contribution in [3.63, 3.8) is 0 Å². The standard InChI is InChI=1S/C14H17NO3S2/c1-9-4-5-12(8-16)7-13(9)15-20(17,18)14-6-10(2)11(3)19-14/h4-7,15-16H,8H2,1-3H3. The molecule has 0 radical (unpaired) electrons. The van der Waals surface area contributed by atoms with Crippen molar-refractivity contribution >= 4 is 27.0 Å². The summed E-state index contributed by atoms with van der Waals surface area (Å²) in [6.45, 7) is 5.50. The average molecular weight is 311 g/mol. The second-order valence-corrected chi connectivity index (χ2v) is 7.88. The highest BCUT2D eigenvalue weighted by atomic mass is 32.2. The molecule has 2 aromatic rings. The maximum absolute atomic E-state index is 12.4. The maximum Gasteiger partial charge on any atom is 0.271 e. The van der Waals surface area contributed by atoms with Crippen LogP contribution in [0.5, 0.6) is 0 Å². The highest BCUT2D eigenvalue weighted by Gasteiger charge is 2.18. The van der Waals surface area contributed by atoms with Gasteiger partial charge in [-0.25, -0.2) is 8.42 Å². The van der Waals surface area contributed by atoms with Crippen molar-refractivity contribution in [2.24, 2.45) is 0 Å². The van der Waals surface area contributed by atoms with Crippen LogP contribution in [0.25, 0.3) is 0 Å². The van der Waals surface area contributed by atoms with Crippen LogP contribution in [0.1, 0.15) is 21.6 Å². The van der Waals surface area contributed by atoms with Gasteiger partial charge in [-0.05, 0) is 49.6 Å². The van der Waals surface area contributed by atoms with Crippen LogP contribution in [0.15, 0.2) is 28.5 Å². The minimum Gasteiger partial charge on any atom is -0.392 e. The summed E-state index contributed by atoms with van der Waals surface area (Å²) in [7, 11) is -3.58. The Morgan fingerprint density at radius 1 is 1.15 bits per heavy atom. The van der Waals surface area contributed by atoms with Crippen LogP contribution in [0.4, 0.5) is 5.69 Å². The van der Waals surface area contributed by atoms with Crippen LogP contribution in [0.3, 0.4) is 0 Å². The van der Waals surface area contributed by atoms with E-state index in [1.807, 2.05) is 20.8 Å². The zero-order valence-corrected chi connectivity index (χ0v) is 13.2. The summed E-state index contributed by atoms with van der Waals surface area (Å²) in [4.78, 5) is 0.992. The molecule has 0 amide bonds. The monoisotopic (exact) mass is 311 g/mol. The number of thiophene rings is 1. The Hall–Kier alpha value is -1.37. The van der Waals surface area contributed by atoms with Gasteiger partial charge in [-0.1, -0.05) is 12.1 Å². The van der Waals surface area contributed by atoms with Gasteiger partial charge in [-0.2, -0.15) is 0 Å². The summed E-state index contributed by atoms with van der Waals surface area (Å²) in [5.74, 6) is 0. The Bertz CT molecular complexity index is 713. The van der Waals surface area contributed by atoms with E-state index >= 15 is 0 Å². The van der Waals surface area contributed by atoms with Gasteiger partial charge >= 0.3 is 0 Å². The number of sulfonamides is 1. The lowest BCUT2D eigenvalue weighted by Gasteiger charge is -2.10. The van der Waals surface area contributed by atoms with E-state index in [9.17, 15) is 8.42 Å². The number of aryl methyl sites for hydroxylation is 3. The van der Waals surface area contributed by atoms with E-state index in [2.05, 4.69) is 4.72 Å². The van der Waals surface area contributed by atoms with Crippen LogP contribution < -0.4 is 4.72 Å². The summed E-state index contributed by atoms with van der Waals surface area (Å²) in [6, 6.07) is 6.88. The molecule has 0 aliphatic carbocycles. The van der Waals surface area contributed by atoms with Crippen molar-refractivity contribution in [1.82, 2.24) is 0 Å². The lowest BCUT2D eigenvalue weighted by molar-refractivity contribution is 0.282. The van der Waals surface area contributed by atoms with E-state index in [1.165, 1.54) is 11.3 Å². The summed E-state index contributed by atoms with van der Waals surface area (Å²) in [5.41, 5.74) is 2.96. The number of hydrogen-bond donors (Lipinski definition) is 2. The lowest BCUT2D eigenvalue weighted by Crippen LogP contribution is -2.12. The minimum absolute atomic E-state index is 0.119. The van der Waals surface area contributed by atoms with Gasteiger partial charge < -0.3 is 5.11 Å². The van der Waals surface area contributed by atoms with Crippen molar-refractivity contribution in [1.29, 1.82) is 0 Å². The van der Waals surface area contributed by atoms with Gasteiger partial charge in [0.2, 0.25) is 0 Å². The normalized spacial score (nSPS) is 11.6. The fourth-order valence-electron chi connectivity index (χ4n) is 1.74. The molecule has 1 heterocycles. The topological polar surface area (TPSA) is 66.4 Å². The van der Waals surface area contributed by atoms with E-state index in [4.69, 9.17) is 5.11 Å². The van der Waals surface area contributed by atoms with E-state index < -0.39 is 10.0 Å². The molecule has 1 aromatic carbocycles. The van der Waals surface area contributed by atoms with E-state index in [0.717, 1.165) is 16.0 Å². The molecule has 0 aliphatic heterocycles. The van der Waals surface area contributed by atoms with E-state index in [1.54, 1.807) is 24.3 Å². The Labute approximate surface area is 123 Å². The molecule has 108 valence electrons. The quantitative estimate of drug-likeness (QED) is 0.912.